The van der Waals surface area contributed by atoms with E-state index in [1.165, 1.54) is 0 Å². The summed E-state index contributed by atoms with van der Waals surface area (Å²) in [6.45, 7) is 2.51. The van der Waals surface area contributed by atoms with Gasteiger partial charge in [0.25, 0.3) is 0 Å². The summed E-state index contributed by atoms with van der Waals surface area (Å²) in [5.41, 5.74) is 4.10. The average Bonchev–Trinajstić information content (AvgIpc) is 3.15. The molecule has 0 radical (unpaired) electrons. The van der Waals surface area contributed by atoms with Crippen LogP contribution in [0.2, 0.25) is 0 Å². The van der Waals surface area contributed by atoms with E-state index in [1.54, 1.807) is 0 Å². The molecule has 0 atom stereocenters. The van der Waals surface area contributed by atoms with Gasteiger partial charge in [0.2, 0.25) is 11.8 Å². The van der Waals surface area contributed by atoms with Crippen molar-refractivity contribution in [2.45, 2.75) is 19.8 Å². The number of carbonyl (C=O) groups excluding carboxylic acids is 1. The highest BCUT2D eigenvalue weighted by molar-refractivity contribution is 5.95. The molecule has 5 heteroatoms. The molecule has 5 nitrogen and oxygen atoms in total. The fourth-order valence-corrected chi connectivity index (χ4v) is 3.08. The third kappa shape index (κ3) is 4.63. The van der Waals surface area contributed by atoms with Crippen molar-refractivity contribution < 1.29 is 13.9 Å². The van der Waals surface area contributed by atoms with Gasteiger partial charge in [-0.25, -0.2) is 4.98 Å². The summed E-state index contributed by atoms with van der Waals surface area (Å²) < 4.78 is 11.5. The Labute approximate surface area is 169 Å². The van der Waals surface area contributed by atoms with Crippen LogP contribution in [0.15, 0.2) is 77.2 Å². The summed E-state index contributed by atoms with van der Waals surface area (Å²) in [6.07, 6.45) is 0.999. The zero-order valence-corrected chi connectivity index (χ0v) is 16.2. The molecule has 1 amide bonds. The van der Waals surface area contributed by atoms with Crippen LogP contribution in [0.1, 0.15) is 18.4 Å². The van der Waals surface area contributed by atoms with Crippen molar-refractivity contribution in [2.24, 2.45) is 0 Å². The summed E-state index contributed by atoms with van der Waals surface area (Å²) >= 11 is 0. The molecular weight excluding hydrogens is 364 g/mol. The first kappa shape index (κ1) is 18.7. The van der Waals surface area contributed by atoms with Crippen LogP contribution in [-0.4, -0.2) is 17.5 Å². The number of fused-ring (bicyclic) bond motifs is 1. The van der Waals surface area contributed by atoms with Crippen LogP contribution < -0.4 is 10.1 Å². The fraction of sp³-hybridized carbons (Fsp3) is 0.167. The van der Waals surface area contributed by atoms with Gasteiger partial charge < -0.3 is 14.5 Å². The second-order valence-corrected chi connectivity index (χ2v) is 6.85. The summed E-state index contributed by atoms with van der Waals surface area (Å²) in [4.78, 5) is 17.0. The van der Waals surface area contributed by atoms with Crippen molar-refractivity contribution in [1.29, 1.82) is 0 Å². The van der Waals surface area contributed by atoms with Crippen molar-refractivity contribution in [3.63, 3.8) is 0 Å². The smallest absolute Gasteiger partial charge is 0.229 e. The number of anilines is 1. The molecule has 1 aromatic heterocycles. The standard InChI is InChI=1S/C24H22N2O3/c1-17-13-14-22-21(16-17)26-24(29-22)19-10-5-6-11-20(19)25-23(27)12-7-15-28-18-8-3-2-4-9-18/h2-6,8-11,13-14,16H,7,12,15H2,1H3,(H,25,27). The zero-order valence-electron chi connectivity index (χ0n) is 16.2. The number of benzene rings is 3. The Morgan fingerprint density at radius 3 is 2.69 bits per heavy atom. The van der Waals surface area contributed by atoms with E-state index >= 15 is 0 Å². The summed E-state index contributed by atoms with van der Waals surface area (Å²) in [6, 6.07) is 23.0. The van der Waals surface area contributed by atoms with Gasteiger partial charge >= 0.3 is 0 Å². The Kier molecular flexibility index (Phi) is 5.56. The SMILES string of the molecule is Cc1ccc2oc(-c3ccccc3NC(=O)CCCOc3ccccc3)nc2c1. The lowest BCUT2D eigenvalue weighted by molar-refractivity contribution is -0.116. The van der Waals surface area contributed by atoms with Crippen LogP contribution in [0.4, 0.5) is 5.69 Å². The minimum Gasteiger partial charge on any atom is -0.494 e. The number of amides is 1. The lowest BCUT2D eigenvalue weighted by atomic mass is 10.1. The highest BCUT2D eigenvalue weighted by Crippen LogP contribution is 2.30. The first-order valence-corrected chi connectivity index (χ1v) is 9.63. The largest absolute Gasteiger partial charge is 0.494 e. The van der Waals surface area contributed by atoms with E-state index in [1.807, 2.05) is 79.7 Å². The Balaban J connectivity index is 1.40. The molecular formula is C24H22N2O3. The number of nitrogens with one attached hydrogen (secondary N) is 1. The maximum Gasteiger partial charge on any atom is 0.229 e. The summed E-state index contributed by atoms with van der Waals surface area (Å²) in [7, 11) is 0. The number of para-hydroxylation sites is 2. The van der Waals surface area contributed by atoms with Gasteiger partial charge in [-0.15, -0.1) is 0 Å². The minimum atomic E-state index is -0.0685. The number of oxazole rings is 1. The van der Waals surface area contributed by atoms with Crippen molar-refractivity contribution >= 4 is 22.7 Å². The van der Waals surface area contributed by atoms with Gasteiger partial charge in [-0.05, 0) is 55.3 Å². The topological polar surface area (TPSA) is 64.4 Å². The van der Waals surface area contributed by atoms with E-state index in [9.17, 15) is 4.79 Å². The Bertz CT molecular complexity index is 1120. The number of carbonyl (C=O) groups is 1. The highest BCUT2D eigenvalue weighted by Gasteiger charge is 2.14. The number of rotatable bonds is 7. The maximum atomic E-state index is 12.4. The van der Waals surface area contributed by atoms with E-state index < -0.39 is 0 Å². The minimum absolute atomic E-state index is 0.0685. The van der Waals surface area contributed by atoms with Gasteiger partial charge in [-0.1, -0.05) is 36.4 Å². The predicted molar refractivity (Wildman–Crippen MR) is 114 cm³/mol. The number of aryl methyl sites for hydroxylation is 1. The predicted octanol–water partition coefficient (Wildman–Crippen LogP) is 5.60. The number of hydrogen-bond donors (Lipinski definition) is 1. The molecule has 0 aliphatic carbocycles. The molecule has 0 fully saturated rings. The lowest BCUT2D eigenvalue weighted by Crippen LogP contribution is -2.13. The summed E-state index contributed by atoms with van der Waals surface area (Å²) in [5.74, 6) is 1.24. The van der Waals surface area contributed by atoms with Crippen LogP contribution in [0.3, 0.4) is 0 Å². The average molecular weight is 386 g/mol. The van der Waals surface area contributed by atoms with Crippen molar-refractivity contribution in [3.05, 3.63) is 78.4 Å². The van der Waals surface area contributed by atoms with E-state index in [2.05, 4.69) is 10.3 Å². The third-order valence-electron chi connectivity index (χ3n) is 4.53. The molecule has 4 aromatic rings. The Morgan fingerprint density at radius 2 is 1.83 bits per heavy atom. The quantitative estimate of drug-likeness (QED) is 0.420. The molecule has 0 aliphatic heterocycles. The second-order valence-electron chi connectivity index (χ2n) is 6.85. The second kappa shape index (κ2) is 8.61. The molecule has 29 heavy (non-hydrogen) atoms. The van der Waals surface area contributed by atoms with Gasteiger partial charge in [0, 0.05) is 6.42 Å². The number of nitrogens with zero attached hydrogens (tertiary/aromatic N) is 1. The van der Waals surface area contributed by atoms with Gasteiger partial charge in [0.1, 0.15) is 11.3 Å². The molecule has 0 saturated heterocycles. The van der Waals surface area contributed by atoms with E-state index in [-0.39, 0.29) is 5.91 Å². The first-order valence-electron chi connectivity index (χ1n) is 9.63. The molecule has 3 aromatic carbocycles. The number of hydrogen-bond acceptors (Lipinski definition) is 4. The third-order valence-corrected chi connectivity index (χ3v) is 4.53. The van der Waals surface area contributed by atoms with E-state index in [0.717, 1.165) is 28.0 Å². The molecule has 0 unspecified atom stereocenters. The van der Waals surface area contributed by atoms with E-state index in [4.69, 9.17) is 9.15 Å². The van der Waals surface area contributed by atoms with Crippen LogP contribution in [-0.2, 0) is 4.79 Å². The van der Waals surface area contributed by atoms with Crippen LogP contribution in [0.5, 0.6) is 5.75 Å². The van der Waals surface area contributed by atoms with Gasteiger partial charge in [0.05, 0.1) is 17.9 Å². The Morgan fingerprint density at radius 1 is 1.03 bits per heavy atom. The zero-order chi connectivity index (χ0) is 20.1. The fourth-order valence-electron chi connectivity index (χ4n) is 3.08. The first-order chi connectivity index (χ1) is 14.2. The molecule has 4 rings (SSSR count). The van der Waals surface area contributed by atoms with Gasteiger partial charge in [-0.2, -0.15) is 0 Å². The normalized spacial score (nSPS) is 10.8. The lowest BCUT2D eigenvalue weighted by Gasteiger charge is -2.09. The number of ether oxygens (including phenoxy) is 1. The van der Waals surface area contributed by atoms with Crippen molar-refractivity contribution in [2.75, 3.05) is 11.9 Å². The van der Waals surface area contributed by atoms with Gasteiger partial charge in [0.15, 0.2) is 5.58 Å². The highest BCUT2D eigenvalue weighted by atomic mass is 16.5. The number of aromatic nitrogens is 1. The molecule has 0 aliphatic rings. The van der Waals surface area contributed by atoms with Crippen LogP contribution in [0, 0.1) is 6.92 Å². The Hall–Kier alpha value is -3.60. The molecule has 0 bridgehead atoms. The van der Waals surface area contributed by atoms with Crippen molar-refractivity contribution in [1.82, 2.24) is 4.98 Å². The molecule has 0 saturated carbocycles. The van der Waals surface area contributed by atoms with Crippen LogP contribution >= 0.6 is 0 Å². The van der Waals surface area contributed by atoms with Gasteiger partial charge in [-0.3, -0.25) is 4.79 Å². The molecule has 0 spiro atoms. The molecule has 1 N–H and O–H groups in total. The van der Waals surface area contributed by atoms with Crippen LogP contribution in [0.25, 0.3) is 22.6 Å². The monoisotopic (exact) mass is 386 g/mol. The van der Waals surface area contributed by atoms with Crippen molar-refractivity contribution in [3.8, 4) is 17.2 Å². The molecule has 1 heterocycles. The van der Waals surface area contributed by atoms with E-state index in [0.29, 0.717) is 31.0 Å². The molecule has 146 valence electrons. The summed E-state index contributed by atoms with van der Waals surface area (Å²) in [5, 5.41) is 2.97. The maximum absolute atomic E-state index is 12.4.